The Bertz CT molecular complexity index is 1250. The van der Waals surface area contributed by atoms with Gasteiger partial charge in [0.05, 0.1) is 17.4 Å². The molecule has 0 spiro atoms. The van der Waals surface area contributed by atoms with E-state index in [0.29, 0.717) is 18.7 Å². The lowest BCUT2D eigenvalue weighted by Gasteiger charge is -2.34. The molecule has 2 aliphatic rings. The number of nitrogens with one attached hydrogen (secondary N) is 1. The summed E-state index contributed by atoms with van der Waals surface area (Å²) in [6.07, 6.45) is 2.94. The Morgan fingerprint density at radius 2 is 1.90 bits per heavy atom. The van der Waals surface area contributed by atoms with Gasteiger partial charge in [-0.05, 0) is 25.5 Å². The fraction of sp³-hybridized carbons (Fsp3) is 0.308. The Balaban J connectivity index is 1.55. The largest absolute Gasteiger partial charge is 0.387 e. The third kappa shape index (κ3) is 2.92. The van der Waals surface area contributed by atoms with Gasteiger partial charge in [-0.2, -0.15) is 4.58 Å². The van der Waals surface area contributed by atoms with Gasteiger partial charge in [0.2, 0.25) is 5.69 Å². The third-order valence-electron chi connectivity index (χ3n) is 6.77. The third-order valence-corrected chi connectivity index (χ3v) is 6.77. The maximum Gasteiger partial charge on any atom is 0.209 e. The molecule has 158 valence electrons. The number of carbonyl (C=O) groups is 1. The molecule has 0 radical (unpaired) electrons. The first kappa shape index (κ1) is 19.9. The van der Waals surface area contributed by atoms with Gasteiger partial charge >= 0.3 is 0 Å². The minimum absolute atomic E-state index is 0.0109. The number of aromatic amines is 1. The second-order valence-electron chi connectivity index (χ2n) is 8.85. The Morgan fingerprint density at radius 3 is 2.68 bits per heavy atom. The van der Waals surface area contributed by atoms with E-state index in [4.69, 9.17) is 4.74 Å². The number of ketones is 1. The van der Waals surface area contributed by atoms with Gasteiger partial charge in [-0.1, -0.05) is 36.4 Å². The van der Waals surface area contributed by atoms with Crippen molar-refractivity contribution in [2.45, 2.75) is 31.3 Å². The van der Waals surface area contributed by atoms with Gasteiger partial charge in [0.25, 0.3) is 0 Å². The van der Waals surface area contributed by atoms with Crippen LogP contribution in [0.1, 0.15) is 30.9 Å². The van der Waals surface area contributed by atoms with Crippen LogP contribution in [0.5, 0.6) is 0 Å². The van der Waals surface area contributed by atoms with E-state index in [2.05, 4.69) is 35.5 Å². The van der Waals surface area contributed by atoms with Crippen LogP contribution < -0.4 is 0 Å². The number of para-hydroxylation sites is 2. The molecule has 1 fully saturated rings. The van der Waals surface area contributed by atoms with Crippen molar-refractivity contribution in [2.24, 2.45) is 0 Å². The first-order chi connectivity index (χ1) is 14.9. The van der Waals surface area contributed by atoms with E-state index in [1.165, 1.54) is 5.56 Å². The number of aliphatic hydroxyl groups excluding tert-OH is 1. The zero-order valence-electron chi connectivity index (χ0n) is 18.1. The molecule has 2 unspecified atom stereocenters. The number of nitrogens with zero attached hydrogens (tertiary/aromatic N) is 1. The van der Waals surface area contributed by atoms with E-state index in [1.807, 2.05) is 48.7 Å². The predicted octanol–water partition coefficient (Wildman–Crippen LogP) is 3.84. The molecule has 0 bridgehead atoms. The molecule has 2 aromatic carbocycles. The zero-order valence-corrected chi connectivity index (χ0v) is 18.1. The van der Waals surface area contributed by atoms with Crippen LogP contribution >= 0.6 is 0 Å². The number of hydrogen-bond acceptors (Lipinski definition) is 3. The number of Topliss-reactive ketones (excluding diaryl/α,β-unsaturated/α-hetero) is 1. The Hall–Kier alpha value is -3.02. The molecule has 2 N–H and O–H groups in total. The highest BCUT2D eigenvalue weighted by Gasteiger charge is 2.50. The summed E-state index contributed by atoms with van der Waals surface area (Å²) in [6, 6.07) is 16.2. The topological polar surface area (TPSA) is 65.3 Å². The van der Waals surface area contributed by atoms with Gasteiger partial charge < -0.3 is 14.8 Å². The number of H-pyrrole nitrogens is 1. The number of aliphatic hydroxyl groups is 1. The maximum absolute atomic E-state index is 13.2. The van der Waals surface area contributed by atoms with E-state index in [9.17, 15) is 9.90 Å². The fourth-order valence-corrected chi connectivity index (χ4v) is 5.04. The van der Waals surface area contributed by atoms with Crippen LogP contribution in [0.25, 0.3) is 10.9 Å². The molecule has 1 aliphatic heterocycles. The highest BCUT2D eigenvalue weighted by Crippen LogP contribution is 2.44. The Kier molecular flexibility index (Phi) is 4.68. The first-order valence-corrected chi connectivity index (χ1v) is 10.7. The summed E-state index contributed by atoms with van der Waals surface area (Å²) in [4.78, 5) is 16.4. The maximum atomic E-state index is 13.2. The summed E-state index contributed by atoms with van der Waals surface area (Å²) < 4.78 is 7.55. The highest BCUT2D eigenvalue weighted by molar-refractivity contribution is 6.16. The molecule has 0 amide bonds. The van der Waals surface area contributed by atoms with Crippen molar-refractivity contribution in [1.82, 2.24) is 4.98 Å². The molecule has 5 heteroatoms. The lowest BCUT2D eigenvalue weighted by Crippen LogP contribution is -2.44. The molecule has 5 rings (SSSR count). The van der Waals surface area contributed by atoms with Gasteiger partial charge in [0.15, 0.2) is 18.0 Å². The average Bonchev–Trinajstić information content (AvgIpc) is 3.28. The van der Waals surface area contributed by atoms with Crippen molar-refractivity contribution in [2.75, 3.05) is 20.3 Å². The number of carbonyl (C=O) groups excluding carboxylic acids is 1. The molecule has 1 aromatic heterocycles. The van der Waals surface area contributed by atoms with Crippen LogP contribution in [-0.4, -0.2) is 52.5 Å². The molecule has 5 nitrogen and oxygen atoms in total. The smallest absolute Gasteiger partial charge is 0.209 e. The second kappa shape index (κ2) is 7.29. The number of rotatable bonds is 5. The van der Waals surface area contributed by atoms with E-state index >= 15 is 0 Å². The molecular weight excluding hydrogens is 388 g/mol. The lowest BCUT2D eigenvalue weighted by atomic mass is 9.69. The number of ether oxygens (including phenoxy) is 1. The summed E-state index contributed by atoms with van der Waals surface area (Å²) in [7, 11) is 1.69. The van der Waals surface area contributed by atoms with Crippen LogP contribution in [0.2, 0.25) is 0 Å². The Labute approximate surface area is 181 Å². The van der Waals surface area contributed by atoms with Crippen molar-refractivity contribution in [3.05, 3.63) is 77.5 Å². The van der Waals surface area contributed by atoms with Crippen LogP contribution in [0, 0.1) is 0 Å². The van der Waals surface area contributed by atoms with E-state index in [1.54, 1.807) is 7.11 Å². The van der Waals surface area contributed by atoms with Gasteiger partial charge in [-0.3, -0.25) is 4.79 Å². The van der Waals surface area contributed by atoms with E-state index < -0.39 is 12.0 Å². The summed E-state index contributed by atoms with van der Waals surface area (Å²) in [5, 5.41) is 12.0. The number of allylic oxidation sites excluding steroid dienone is 1. The number of fused-ring (bicyclic) bond motifs is 2. The molecule has 2 heterocycles. The summed E-state index contributed by atoms with van der Waals surface area (Å²) in [5.74, 6) is -0.537. The fourth-order valence-electron chi connectivity index (χ4n) is 5.04. The van der Waals surface area contributed by atoms with Gasteiger partial charge in [0.1, 0.15) is 6.61 Å². The number of aromatic nitrogens is 1. The monoisotopic (exact) mass is 415 g/mol. The molecule has 0 saturated heterocycles. The van der Waals surface area contributed by atoms with Crippen molar-refractivity contribution in [1.29, 1.82) is 0 Å². The number of methoxy groups -OCH3 is 1. The molecular formula is C26H27N2O3+. The van der Waals surface area contributed by atoms with Gasteiger partial charge in [0, 0.05) is 47.5 Å². The zero-order chi connectivity index (χ0) is 21.8. The van der Waals surface area contributed by atoms with E-state index in [0.717, 1.165) is 27.9 Å². The quantitative estimate of drug-likeness (QED) is 0.492. The van der Waals surface area contributed by atoms with Crippen LogP contribution in [0.3, 0.4) is 0 Å². The van der Waals surface area contributed by atoms with Crippen molar-refractivity contribution < 1.29 is 19.2 Å². The molecule has 2 atom stereocenters. The standard InChI is InChI=1S/C26H26N2O3/c1-26(2)19-9-5-7-11-21(19)28(12-13-31-3)22(26)14-17-24(29)23(25(17)30)18-15-27-20-10-6-4-8-16(18)20/h4-11,14-15,23-24,29H,12-13H2,1-3H3/p+1. The van der Waals surface area contributed by atoms with Crippen LogP contribution in [-0.2, 0) is 14.9 Å². The first-order valence-electron chi connectivity index (χ1n) is 10.7. The van der Waals surface area contributed by atoms with Crippen molar-refractivity contribution >= 4 is 28.1 Å². The molecule has 3 aromatic rings. The van der Waals surface area contributed by atoms with Gasteiger partial charge in [-0.15, -0.1) is 0 Å². The minimum atomic E-state index is -0.817. The van der Waals surface area contributed by atoms with Crippen molar-refractivity contribution in [3.63, 3.8) is 0 Å². The molecule has 31 heavy (non-hydrogen) atoms. The number of benzene rings is 2. The minimum Gasteiger partial charge on any atom is -0.387 e. The van der Waals surface area contributed by atoms with Crippen LogP contribution in [0.15, 0.2) is 66.4 Å². The normalized spacial score (nSPS) is 23.5. The SMILES string of the molecule is COCC[N+]1=C(C=C2C(=O)C(c3c[nH]c4ccccc34)C2O)C(C)(C)c2ccccc21. The summed E-state index contributed by atoms with van der Waals surface area (Å²) in [5.41, 5.74) is 5.41. The number of hydrogen-bond donors (Lipinski definition) is 2. The lowest BCUT2D eigenvalue weighted by molar-refractivity contribution is -0.441. The average molecular weight is 416 g/mol. The highest BCUT2D eigenvalue weighted by atomic mass is 16.5. The molecule has 1 saturated carbocycles. The van der Waals surface area contributed by atoms with Crippen molar-refractivity contribution in [3.8, 4) is 0 Å². The predicted molar refractivity (Wildman–Crippen MR) is 121 cm³/mol. The Morgan fingerprint density at radius 1 is 1.16 bits per heavy atom. The second-order valence-corrected chi connectivity index (χ2v) is 8.85. The molecule has 1 aliphatic carbocycles. The summed E-state index contributed by atoms with van der Waals surface area (Å²) >= 11 is 0. The summed E-state index contributed by atoms with van der Waals surface area (Å²) in [6.45, 7) is 5.59. The van der Waals surface area contributed by atoms with Crippen LogP contribution in [0.4, 0.5) is 5.69 Å². The van der Waals surface area contributed by atoms with Gasteiger partial charge in [-0.25, -0.2) is 0 Å². The van der Waals surface area contributed by atoms with E-state index in [-0.39, 0.29) is 11.2 Å².